The van der Waals surface area contributed by atoms with Crippen LogP contribution in [0.25, 0.3) is 0 Å². The zero-order valence-corrected chi connectivity index (χ0v) is 12.1. The summed E-state index contributed by atoms with van der Waals surface area (Å²) >= 11 is 0. The first-order valence-electron chi connectivity index (χ1n) is 6.87. The summed E-state index contributed by atoms with van der Waals surface area (Å²) in [7, 11) is 0. The highest BCUT2D eigenvalue weighted by Crippen LogP contribution is 2.31. The molecule has 0 unspecified atom stereocenters. The van der Waals surface area contributed by atoms with Crippen LogP contribution in [-0.4, -0.2) is 53.5 Å². The topological polar surface area (TPSA) is 88.8 Å². The number of nitro groups is 1. The van der Waals surface area contributed by atoms with Crippen LogP contribution in [0.2, 0.25) is 0 Å². The molecule has 1 aliphatic rings. The molecule has 1 aromatic heterocycles. The van der Waals surface area contributed by atoms with Crippen LogP contribution < -0.4 is 9.64 Å². The Kier molecular flexibility index (Phi) is 4.69. The summed E-state index contributed by atoms with van der Waals surface area (Å²) in [6, 6.07) is 2.76. The molecule has 0 fully saturated rings. The van der Waals surface area contributed by atoms with E-state index in [9.17, 15) is 14.9 Å². The van der Waals surface area contributed by atoms with Crippen LogP contribution in [0.5, 0.6) is 5.75 Å². The first-order valence-corrected chi connectivity index (χ1v) is 6.87. The number of hydrogen-bond donors (Lipinski definition) is 0. The molecule has 114 valence electrons. The van der Waals surface area contributed by atoms with Crippen LogP contribution in [0.4, 0.5) is 11.6 Å². The molecule has 8 nitrogen and oxygen atoms in total. The zero-order chi connectivity index (χ0) is 15.4. The minimum Gasteiger partial charge on any atom is -0.477 e. The monoisotopic (exact) mass is 294 g/mol. The molecule has 21 heavy (non-hydrogen) atoms. The molecule has 8 heteroatoms. The second-order valence-electron chi connectivity index (χ2n) is 4.61. The number of carbonyl (C=O) groups excluding carboxylic acids is 1. The number of carbonyl (C=O) groups is 1. The first kappa shape index (κ1) is 15.2. The van der Waals surface area contributed by atoms with E-state index in [4.69, 9.17) is 4.74 Å². The van der Waals surface area contributed by atoms with Gasteiger partial charge in [-0.3, -0.25) is 9.69 Å². The number of likely N-dealkylation sites (N-methyl/N-ethyl adjacent to an activating group) is 1. The molecule has 0 radical (unpaired) electrons. The molecule has 0 N–H and O–H groups in total. The number of aromatic nitrogens is 1. The standard InChI is InChI=1S/C13H18N4O4/c1-3-15(4-2)7-8-16-12(18)9-21-10-5-6-11(17(19)20)14-13(10)16/h5-6H,3-4,7-9H2,1-2H3. The van der Waals surface area contributed by atoms with Gasteiger partial charge in [-0.05, 0) is 29.1 Å². The maximum absolute atomic E-state index is 12.0. The van der Waals surface area contributed by atoms with Crippen molar-refractivity contribution >= 4 is 17.5 Å². The van der Waals surface area contributed by atoms with Gasteiger partial charge in [0.2, 0.25) is 0 Å². The number of pyridine rings is 1. The molecule has 0 saturated carbocycles. The van der Waals surface area contributed by atoms with Gasteiger partial charge in [-0.2, -0.15) is 0 Å². The third-order valence-corrected chi connectivity index (χ3v) is 3.45. The van der Waals surface area contributed by atoms with E-state index >= 15 is 0 Å². The number of ether oxygens (including phenoxy) is 1. The van der Waals surface area contributed by atoms with Crippen LogP contribution in [0, 0.1) is 10.1 Å². The van der Waals surface area contributed by atoms with Crippen molar-refractivity contribution in [3.8, 4) is 5.75 Å². The highest BCUT2D eigenvalue weighted by atomic mass is 16.6. The second kappa shape index (κ2) is 6.49. The number of fused-ring (bicyclic) bond motifs is 1. The van der Waals surface area contributed by atoms with Crippen molar-refractivity contribution < 1.29 is 14.5 Å². The van der Waals surface area contributed by atoms with Crippen LogP contribution in [0.3, 0.4) is 0 Å². The Hall–Kier alpha value is -2.22. The van der Waals surface area contributed by atoms with Crippen molar-refractivity contribution in [2.75, 3.05) is 37.7 Å². The predicted octanol–water partition coefficient (Wildman–Crippen LogP) is 1.06. The summed E-state index contributed by atoms with van der Waals surface area (Å²) in [6.45, 7) is 6.90. The Morgan fingerprint density at radius 1 is 1.43 bits per heavy atom. The van der Waals surface area contributed by atoms with Gasteiger partial charge in [0.1, 0.15) is 0 Å². The normalized spacial score (nSPS) is 14.0. The van der Waals surface area contributed by atoms with Gasteiger partial charge in [0, 0.05) is 19.2 Å². The highest BCUT2D eigenvalue weighted by molar-refractivity contribution is 5.96. The van der Waals surface area contributed by atoms with Crippen molar-refractivity contribution in [3.05, 3.63) is 22.2 Å². The molecule has 1 aliphatic heterocycles. The van der Waals surface area contributed by atoms with E-state index in [1.54, 1.807) is 0 Å². The lowest BCUT2D eigenvalue weighted by Gasteiger charge is -2.27. The van der Waals surface area contributed by atoms with Gasteiger partial charge in [0.15, 0.2) is 12.4 Å². The molecule has 0 aromatic carbocycles. The smallest absolute Gasteiger partial charge is 0.366 e. The number of rotatable bonds is 6. The minimum absolute atomic E-state index is 0.0647. The third kappa shape index (κ3) is 3.27. The minimum atomic E-state index is -0.581. The van der Waals surface area contributed by atoms with Crippen molar-refractivity contribution in [1.82, 2.24) is 9.88 Å². The van der Waals surface area contributed by atoms with Gasteiger partial charge in [-0.1, -0.05) is 13.8 Å². The lowest BCUT2D eigenvalue weighted by molar-refractivity contribution is -0.389. The van der Waals surface area contributed by atoms with E-state index in [0.29, 0.717) is 18.8 Å². The lowest BCUT2D eigenvalue weighted by Crippen LogP contribution is -2.44. The van der Waals surface area contributed by atoms with Crippen LogP contribution in [-0.2, 0) is 4.79 Å². The summed E-state index contributed by atoms with van der Waals surface area (Å²) in [5, 5.41) is 10.8. The van der Waals surface area contributed by atoms with Crippen molar-refractivity contribution in [2.24, 2.45) is 0 Å². The molecular formula is C13H18N4O4. The fraction of sp³-hybridized carbons (Fsp3) is 0.538. The van der Waals surface area contributed by atoms with E-state index in [1.807, 2.05) is 13.8 Å². The molecule has 1 amide bonds. The van der Waals surface area contributed by atoms with Crippen LogP contribution >= 0.6 is 0 Å². The maximum atomic E-state index is 12.0. The predicted molar refractivity (Wildman–Crippen MR) is 76.5 cm³/mol. The summed E-state index contributed by atoms with van der Waals surface area (Å²) in [5.41, 5.74) is 0. The fourth-order valence-electron chi connectivity index (χ4n) is 2.18. The average molecular weight is 294 g/mol. The van der Waals surface area contributed by atoms with Gasteiger partial charge in [0.25, 0.3) is 11.7 Å². The van der Waals surface area contributed by atoms with Gasteiger partial charge in [-0.25, -0.2) is 0 Å². The van der Waals surface area contributed by atoms with Crippen molar-refractivity contribution in [1.29, 1.82) is 0 Å². The largest absolute Gasteiger partial charge is 0.477 e. The van der Waals surface area contributed by atoms with E-state index in [2.05, 4.69) is 9.88 Å². The van der Waals surface area contributed by atoms with Gasteiger partial charge in [0.05, 0.1) is 0 Å². The number of amides is 1. The summed E-state index contributed by atoms with van der Waals surface area (Å²) in [4.78, 5) is 29.8. The zero-order valence-electron chi connectivity index (χ0n) is 12.1. The Balaban J connectivity index is 2.24. The van der Waals surface area contributed by atoms with Gasteiger partial charge < -0.3 is 19.8 Å². The molecular weight excluding hydrogens is 276 g/mol. The molecule has 0 bridgehead atoms. The van der Waals surface area contributed by atoms with Crippen molar-refractivity contribution in [3.63, 3.8) is 0 Å². The molecule has 1 aromatic rings. The van der Waals surface area contributed by atoms with Crippen LogP contribution in [0.1, 0.15) is 13.8 Å². The van der Waals surface area contributed by atoms with E-state index < -0.39 is 4.92 Å². The van der Waals surface area contributed by atoms with Crippen LogP contribution in [0.15, 0.2) is 12.1 Å². The van der Waals surface area contributed by atoms with Gasteiger partial charge >= 0.3 is 5.82 Å². The maximum Gasteiger partial charge on any atom is 0.366 e. The molecule has 2 rings (SSSR count). The van der Waals surface area contributed by atoms with E-state index in [1.165, 1.54) is 17.0 Å². The highest BCUT2D eigenvalue weighted by Gasteiger charge is 2.32. The summed E-state index contributed by atoms with van der Waals surface area (Å²) in [5.74, 6) is 0.106. The molecule has 0 saturated heterocycles. The molecule has 0 atom stereocenters. The lowest BCUT2D eigenvalue weighted by atomic mass is 10.3. The van der Waals surface area contributed by atoms with Gasteiger partial charge in [-0.15, -0.1) is 0 Å². The van der Waals surface area contributed by atoms with Crippen molar-refractivity contribution in [2.45, 2.75) is 13.8 Å². The quantitative estimate of drug-likeness (QED) is 0.575. The summed E-state index contributed by atoms with van der Waals surface area (Å²) < 4.78 is 5.27. The first-order chi connectivity index (χ1) is 10.1. The Morgan fingerprint density at radius 2 is 2.14 bits per heavy atom. The fourth-order valence-corrected chi connectivity index (χ4v) is 2.18. The molecule has 0 aliphatic carbocycles. The second-order valence-corrected chi connectivity index (χ2v) is 4.61. The average Bonchev–Trinajstić information content (AvgIpc) is 2.49. The van der Waals surface area contributed by atoms with E-state index in [-0.39, 0.29) is 24.1 Å². The molecule has 0 spiro atoms. The summed E-state index contributed by atoms with van der Waals surface area (Å²) in [6.07, 6.45) is 0. The van der Waals surface area contributed by atoms with E-state index in [0.717, 1.165) is 13.1 Å². The SMILES string of the molecule is CCN(CC)CCN1C(=O)COc2ccc([N+](=O)[O-])nc21. The number of anilines is 1. The Labute approximate surface area is 122 Å². The third-order valence-electron chi connectivity index (χ3n) is 3.45. The number of hydrogen-bond acceptors (Lipinski definition) is 6. The Bertz CT molecular complexity index is 545. The molecule has 2 heterocycles. The Morgan fingerprint density at radius 3 is 2.76 bits per heavy atom. The number of nitrogens with zero attached hydrogens (tertiary/aromatic N) is 4.